The number of benzene rings is 2. The number of anilines is 2. The molecule has 1 N–H and O–H groups in total. The molecule has 0 aliphatic heterocycles. The molecule has 4 aromatic rings. The van der Waals surface area contributed by atoms with Gasteiger partial charge < -0.3 is 14.6 Å². The zero-order chi connectivity index (χ0) is 17.9. The molecule has 6 nitrogen and oxygen atoms in total. The highest BCUT2D eigenvalue weighted by Gasteiger charge is 2.17. The topological polar surface area (TPSA) is 73.1 Å². The summed E-state index contributed by atoms with van der Waals surface area (Å²) in [6, 6.07) is 13.6. The van der Waals surface area contributed by atoms with Gasteiger partial charge >= 0.3 is 0 Å². The van der Waals surface area contributed by atoms with E-state index in [9.17, 15) is 4.39 Å². The molecular weight excluding hydrogens is 335 g/mol. The van der Waals surface area contributed by atoms with Crippen LogP contribution in [0.15, 0.2) is 59.4 Å². The van der Waals surface area contributed by atoms with Gasteiger partial charge in [-0.15, -0.1) is 0 Å². The fraction of sp³-hybridized carbons (Fsp3) is 0.105. The van der Waals surface area contributed by atoms with Gasteiger partial charge in [0.1, 0.15) is 34.8 Å². The quantitative estimate of drug-likeness (QED) is 0.568. The van der Waals surface area contributed by atoms with Crippen molar-refractivity contribution in [1.82, 2.24) is 15.1 Å². The normalized spacial score (nSPS) is 10.8. The number of nitrogens with zero attached hydrogens (tertiary/aromatic N) is 3. The third-order valence-electron chi connectivity index (χ3n) is 3.83. The Balaban J connectivity index is 1.81. The van der Waals surface area contributed by atoms with Crippen LogP contribution in [0, 0.1) is 5.82 Å². The number of rotatable bonds is 5. The molecule has 4 rings (SSSR count). The standard InChI is InChI=1S/C19H15FN4O2/c1-2-25-15-6-4-3-5-14(15)23-18-16-17(12-7-9-13(20)10-8-12)24-26-19(16)22-11-21-18/h3-11H,2H2,1H3,(H,21,22,23). The molecule has 7 heteroatoms. The van der Waals surface area contributed by atoms with Gasteiger partial charge in [0.25, 0.3) is 5.71 Å². The fourth-order valence-corrected chi connectivity index (χ4v) is 2.67. The number of fused-ring (bicyclic) bond motifs is 1. The lowest BCUT2D eigenvalue weighted by molar-refractivity contribution is 0.342. The molecule has 0 aliphatic rings. The summed E-state index contributed by atoms with van der Waals surface area (Å²) in [6.07, 6.45) is 1.40. The van der Waals surface area contributed by atoms with E-state index in [1.54, 1.807) is 12.1 Å². The monoisotopic (exact) mass is 350 g/mol. The van der Waals surface area contributed by atoms with Crippen molar-refractivity contribution in [1.29, 1.82) is 0 Å². The molecular formula is C19H15FN4O2. The van der Waals surface area contributed by atoms with Gasteiger partial charge in [-0.2, -0.15) is 4.98 Å². The van der Waals surface area contributed by atoms with Gasteiger partial charge in [0, 0.05) is 5.56 Å². The van der Waals surface area contributed by atoms with E-state index >= 15 is 0 Å². The van der Waals surface area contributed by atoms with E-state index in [2.05, 4.69) is 20.4 Å². The van der Waals surface area contributed by atoms with E-state index in [0.717, 1.165) is 5.69 Å². The lowest BCUT2D eigenvalue weighted by Gasteiger charge is -2.12. The number of para-hydroxylation sites is 2. The Hall–Kier alpha value is -3.48. The Morgan fingerprint density at radius 1 is 1.08 bits per heavy atom. The molecule has 0 radical (unpaired) electrons. The molecule has 0 saturated heterocycles. The van der Waals surface area contributed by atoms with Crippen LogP contribution in [0.4, 0.5) is 15.9 Å². The van der Waals surface area contributed by atoms with Crippen LogP contribution >= 0.6 is 0 Å². The summed E-state index contributed by atoms with van der Waals surface area (Å²) in [5.74, 6) is 0.922. The molecule has 26 heavy (non-hydrogen) atoms. The van der Waals surface area contributed by atoms with E-state index in [0.29, 0.717) is 40.5 Å². The Labute approximate surface area is 148 Å². The smallest absolute Gasteiger partial charge is 0.263 e. The third kappa shape index (κ3) is 2.95. The second-order valence-electron chi connectivity index (χ2n) is 5.49. The van der Waals surface area contributed by atoms with Crippen molar-refractivity contribution in [3.8, 4) is 17.0 Å². The summed E-state index contributed by atoms with van der Waals surface area (Å²) in [4.78, 5) is 8.45. The highest BCUT2D eigenvalue weighted by atomic mass is 19.1. The van der Waals surface area contributed by atoms with Gasteiger partial charge in [0.2, 0.25) is 0 Å². The summed E-state index contributed by atoms with van der Waals surface area (Å²) in [7, 11) is 0. The van der Waals surface area contributed by atoms with Crippen LogP contribution in [-0.2, 0) is 0 Å². The van der Waals surface area contributed by atoms with Crippen molar-refractivity contribution in [2.75, 3.05) is 11.9 Å². The Morgan fingerprint density at radius 2 is 1.88 bits per heavy atom. The zero-order valence-electron chi connectivity index (χ0n) is 13.9. The highest BCUT2D eigenvalue weighted by molar-refractivity contribution is 5.98. The van der Waals surface area contributed by atoms with Gasteiger partial charge in [-0.3, -0.25) is 0 Å². The minimum Gasteiger partial charge on any atom is -0.492 e. The average molecular weight is 350 g/mol. The Kier molecular flexibility index (Phi) is 4.18. The van der Waals surface area contributed by atoms with E-state index in [4.69, 9.17) is 9.26 Å². The van der Waals surface area contributed by atoms with E-state index in [1.165, 1.54) is 18.5 Å². The first kappa shape index (κ1) is 16.0. The molecule has 0 saturated carbocycles. The number of halogens is 1. The number of nitrogens with one attached hydrogen (secondary N) is 1. The number of ether oxygens (including phenoxy) is 1. The summed E-state index contributed by atoms with van der Waals surface area (Å²) in [5.41, 5.74) is 2.36. The van der Waals surface area contributed by atoms with Crippen molar-refractivity contribution in [3.63, 3.8) is 0 Å². The lowest BCUT2D eigenvalue weighted by atomic mass is 10.1. The molecule has 0 spiro atoms. The maximum absolute atomic E-state index is 13.2. The fourth-order valence-electron chi connectivity index (χ4n) is 2.67. The molecule has 0 aliphatic carbocycles. The van der Waals surface area contributed by atoms with Crippen molar-refractivity contribution < 1.29 is 13.7 Å². The first-order valence-corrected chi connectivity index (χ1v) is 8.11. The zero-order valence-corrected chi connectivity index (χ0v) is 13.9. The van der Waals surface area contributed by atoms with Crippen LogP contribution in [0.25, 0.3) is 22.4 Å². The predicted octanol–water partition coefficient (Wildman–Crippen LogP) is 4.57. The van der Waals surface area contributed by atoms with E-state index < -0.39 is 0 Å². The van der Waals surface area contributed by atoms with Crippen LogP contribution in [0.5, 0.6) is 5.75 Å². The van der Waals surface area contributed by atoms with Crippen LogP contribution in [0.2, 0.25) is 0 Å². The lowest BCUT2D eigenvalue weighted by Crippen LogP contribution is -2.00. The van der Waals surface area contributed by atoms with Crippen molar-refractivity contribution in [3.05, 3.63) is 60.7 Å². The molecule has 0 fully saturated rings. The molecule has 2 heterocycles. The Morgan fingerprint density at radius 3 is 2.69 bits per heavy atom. The minimum absolute atomic E-state index is 0.318. The van der Waals surface area contributed by atoms with Crippen molar-refractivity contribution >= 4 is 22.6 Å². The minimum atomic E-state index is -0.318. The predicted molar refractivity (Wildman–Crippen MR) is 95.9 cm³/mol. The van der Waals surface area contributed by atoms with Crippen LogP contribution in [0.1, 0.15) is 6.92 Å². The summed E-state index contributed by atoms with van der Waals surface area (Å²) < 4.78 is 24.2. The van der Waals surface area contributed by atoms with Gasteiger partial charge in [0.15, 0.2) is 0 Å². The molecule has 2 aromatic carbocycles. The summed E-state index contributed by atoms with van der Waals surface area (Å²) in [5, 5.41) is 7.96. The maximum Gasteiger partial charge on any atom is 0.263 e. The molecule has 0 unspecified atom stereocenters. The highest BCUT2D eigenvalue weighted by Crippen LogP contribution is 2.34. The molecule has 0 bridgehead atoms. The first-order valence-electron chi connectivity index (χ1n) is 8.11. The van der Waals surface area contributed by atoms with E-state index in [-0.39, 0.29) is 5.82 Å². The van der Waals surface area contributed by atoms with Crippen LogP contribution in [0.3, 0.4) is 0 Å². The molecule has 2 aromatic heterocycles. The molecule has 0 atom stereocenters. The van der Waals surface area contributed by atoms with Crippen molar-refractivity contribution in [2.45, 2.75) is 6.92 Å². The van der Waals surface area contributed by atoms with Crippen molar-refractivity contribution in [2.24, 2.45) is 0 Å². The third-order valence-corrected chi connectivity index (χ3v) is 3.83. The second-order valence-corrected chi connectivity index (χ2v) is 5.49. The molecule has 0 amide bonds. The van der Waals surface area contributed by atoms with Crippen LogP contribution < -0.4 is 10.1 Å². The van der Waals surface area contributed by atoms with Gasteiger partial charge in [-0.05, 0) is 43.3 Å². The Bertz CT molecular complexity index is 1050. The maximum atomic E-state index is 13.2. The van der Waals surface area contributed by atoms with Gasteiger partial charge in [-0.25, -0.2) is 9.37 Å². The van der Waals surface area contributed by atoms with E-state index in [1.807, 2.05) is 31.2 Å². The largest absolute Gasteiger partial charge is 0.492 e. The van der Waals surface area contributed by atoms with Gasteiger partial charge in [-0.1, -0.05) is 17.3 Å². The number of hydrogen-bond donors (Lipinski definition) is 1. The second kappa shape index (κ2) is 6.79. The number of hydrogen-bond acceptors (Lipinski definition) is 6. The van der Waals surface area contributed by atoms with Crippen LogP contribution in [-0.4, -0.2) is 21.7 Å². The van der Waals surface area contributed by atoms with Gasteiger partial charge in [0.05, 0.1) is 12.3 Å². The summed E-state index contributed by atoms with van der Waals surface area (Å²) >= 11 is 0. The number of aromatic nitrogens is 3. The average Bonchev–Trinajstić information content (AvgIpc) is 3.09. The first-order chi connectivity index (χ1) is 12.8. The SMILES string of the molecule is CCOc1ccccc1Nc1ncnc2onc(-c3ccc(F)cc3)c12. The molecule has 130 valence electrons. The summed E-state index contributed by atoms with van der Waals surface area (Å²) in [6.45, 7) is 2.47.